The Kier molecular flexibility index (Phi) is 4.51. The van der Waals surface area contributed by atoms with Gasteiger partial charge in [0.05, 0.1) is 11.2 Å². The van der Waals surface area contributed by atoms with Gasteiger partial charge in [0.15, 0.2) is 0 Å². The van der Waals surface area contributed by atoms with Gasteiger partial charge in [0.2, 0.25) is 0 Å². The van der Waals surface area contributed by atoms with Gasteiger partial charge in [-0.15, -0.1) is 22.7 Å². The van der Waals surface area contributed by atoms with Crippen molar-refractivity contribution in [2.45, 2.75) is 26.3 Å². The van der Waals surface area contributed by atoms with Crippen LogP contribution in [0.2, 0.25) is 0 Å². The molecule has 1 N–H and O–H groups in total. The number of hydrogen-bond acceptors (Lipinski definition) is 4. The number of nitrogens with zero attached hydrogens (tertiary/aromatic N) is 1. The molecule has 0 aromatic carbocycles. The van der Waals surface area contributed by atoms with Crippen molar-refractivity contribution in [1.29, 1.82) is 0 Å². The second kappa shape index (κ2) is 6.13. The zero-order valence-corrected chi connectivity index (χ0v) is 11.0. The highest BCUT2D eigenvalue weighted by molar-refractivity contribution is 7.10. The molecule has 2 nitrogen and oxygen atoms in total. The van der Waals surface area contributed by atoms with E-state index in [0.29, 0.717) is 0 Å². The van der Waals surface area contributed by atoms with E-state index >= 15 is 0 Å². The van der Waals surface area contributed by atoms with Crippen molar-refractivity contribution in [3.63, 3.8) is 0 Å². The predicted molar refractivity (Wildman–Crippen MR) is 71.2 cm³/mol. The second-order valence-electron chi connectivity index (χ2n) is 3.72. The van der Waals surface area contributed by atoms with Crippen LogP contribution < -0.4 is 5.32 Å². The summed E-state index contributed by atoms with van der Waals surface area (Å²) in [7, 11) is 0. The molecule has 0 spiro atoms. The van der Waals surface area contributed by atoms with Gasteiger partial charge in [0.1, 0.15) is 0 Å². The van der Waals surface area contributed by atoms with Gasteiger partial charge >= 0.3 is 0 Å². The smallest absolute Gasteiger partial charge is 0.0798 e. The maximum absolute atomic E-state index is 4.24. The van der Waals surface area contributed by atoms with Crippen molar-refractivity contribution in [3.8, 4) is 0 Å². The van der Waals surface area contributed by atoms with Crippen LogP contribution >= 0.6 is 22.7 Å². The molecule has 86 valence electrons. The summed E-state index contributed by atoms with van der Waals surface area (Å²) in [6.45, 7) is 4.11. The maximum Gasteiger partial charge on any atom is 0.0798 e. The maximum atomic E-state index is 4.24. The Morgan fingerprint density at radius 2 is 2.31 bits per heavy atom. The Balaban J connectivity index is 1.61. The largest absolute Gasteiger partial charge is 0.312 e. The summed E-state index contributed by atoms with van der Waals surface area (Å²) in [6.07, 6.45) is 2.39. The van der Waals surface area contributed by atoms with Gasteiger partial charge in [-0.3, -0.25) is 0 Å². The van der Waals surface area contributed by atoms with Crippen molar-refractivity contribution in [2.75, 3.05) is 6.54 Å². The molecule has 0 saturated heterocycles. The zero-order valence-electron chi connectivity index (χ0n) is 9.40. The molecule has 4 heteroatoms. The monoisotopic (exact) mass is 252 g/mol. The summed E-state index contributed by atoms with van der Waals surface area (Å²) >= 11 is 3.58. The summed E-state index contributed by atoms with van der Waals surface area (Å²) in [4.78, 5) is 7.08. The molecule has 0 fully saturated rings. The van der Waals surface area contributed by atoms with Crippen LogP contribution in [-0.2, 0) is 13.0 Å². The Morgan fingerprint density at radius 3 is 3.00 bits per heavy atom. The summed E-state index contributed by atoms with van der Waals surface area (Å²) < 4.78 is 0. The molecule has 0 atom stereocenters. The first-order chi connectivity index (χ1) is 7.86. The molecule has 0 unspecified atom stereocenters. The highest BCUT2D eigenvalue weighted by Gasteiger charge is 2.00. The number of thiazole rings is 1. The van der Waals surface area contributed by atoms with E-state index in [-0.39, 0.29) is 0 Å². The minimum Gasteiger partial charge on any atom is -0.312 e. The van der Waals surface area contributed by atoms with E-state index in [1.807, 2.05) is 16.8 Å². The van der Waals surface area contributed by atoms with E-state index in [4.69, 9.17) is 0 Å². The van der Waals surface area contributed by atoms with Crippen LogP contribution in [0.5, 0.6) is 0 Å². The van der Waals surface area contributed by atoms with Gasteiger partial charge in [0, 0.05) is 16.3 Å². The van der Waals surface area contributed by atoms with E-state index in [2.05, 4.69) is 34.7 Å². The Bertz CT molecular complexity index is 406. The Labute approximate surface area is 104 Å². The van der Waals surface area contributed by atoms with Crippen molar-refractivity contribution in [2.24, 2.45) is 0 Å². The normalized spacial score (nSPS) is 10.8. The molecule has 0 aliphatic rings. The van der Waals surface area contributed by atoms with Gasteiger partial charge in [-0.2, -0.15) is 0 Å². The molecular weight excluding hydrogens is 236 g/mol. The van der Waals surface area contributed by atoms with Crippen molar-refractivity contribution in [3.05, 3.63) is 38.5 Å². The van der Waals surface area contributed by atoms with E-state index < -0.39 is 0 Å². The van der Waals surface area contributed by atoms with Gasteiger partial charge in [0.25, 0.3) is 0 Å². The molecule has 0 saturated carbocycles. The number of hydrogen-bond donors (Lipinski definition) is 1. The summed E-state index contributed by atoms with van der Waals surface area (Å²) in [5.74, 6) is 0. The van der Waals surface area contributed by atoms with Crippen LogP contribution in [0.25, 0.3) is 0 Å². The standard InChI is InChI=1S/C12H16N2S2/c1-10-12(16-9-14-10)8-13-6-2-4-11-5-3-7-15-11/h3,5,7,9,13H,2,4,6,8H2,1H3. The van der Waals surface area contributed by atoms with Crippen LogP contribution in [0.3, 0.4) is 0 Å². The lowest BCUT2D eigenvalue weighted by Gasteiger charge is -2.02. The van der Waals surface area contributed by atoms with E-state index in [1.165, 1.54) is 22.6 Å². The van der Waals surface area contributed by atoms with Crippen LogP contribution in [0.15, 0.2) is 23.0 Å². The Hall–Kier alpha value is -0.710. The number of thiophene rings is 1. The molecule has 2 aromatic heterocycles. The first kappa shape index (κ1) is 11.8. The minimum absolute atomic E-state index is 0.959. The highest BCUT2D eigenvalue weighted by atomic mass is 32.1. The van der Waals surface area contributed by atoms with Gasteiger partial charge in [-0.05, 0) is 37.8 Å². The van der Waals surface area contributed by atoms with E-state index in [1.54, 1.807) is 11.3 Å². The number of aryl methyl sites for hydroxylation is 2. The summed E-state index contributed by atoms with van der Waals surface area (Å²) in [5.41, 5.74) is 3.08. The third-order valence-corrected chi connectivity index (χ3v) is 4.36. The lowest BCUT2D eigenvalue weighted by atomic mass is 10.2. The lowest BCUT2D eigenvalue weighted by molar-refractivity contribution is 0.654. The van der Waals surface area contributed by atoms with Crippen molar-refractivity contribution in [1.82, 2.24) is 10.3 Å². The summed E-state index contributed by atoms with van der Waals surface area (Å²) in [5, 5.41) is 5.61. The molecule has 0 bridgehead atoms. The van der Waals surface area contributed by atoms with Crippen molar-refractivity contribution >= 4 is 22.7 Å². The lowest BCUT2D eigenvalue weighted by Crippen LogP contribution is -2.15. The van der Waals surface area contributed by atoms with Crippen LogP contribution in [0.4, 0.5) is 0 Å². The number of rotatable bonds is 6. The molecule has 2 aromatic rings. The first-order valence-corrected chi connectivity index (χ1v) is 7.24. The average Bonchev–Trinajstić information content (AvgIpc) is 2.90. The van der Waals surface area contributed by atoms with Gasteiger partial charge in [-0.1, -0.05) is 6.07 Å². The van der Waals surface area contributed by atoms with Crippen LogP contribution in [0, 0.1) is 6.92 Å². The Morgan fingerprint density at radius 1 is 1.38 bits per heavy atom. The zero-order chi connectivity index (χ0) is 11.2. The first-order valence-electron chi connectivity index (χ1n) is 5.48. The fourth-order valence-corrected chi connectivity index (χ4v) is 3.04. The topological polar surface area (TPSA) is 24.9 Å². The third kappa shape index (κ3) is 3.40. The van der Waals surface area contributed by atoms with E-state index in [0.717, 1.165) is 18.8 Å². The van der Waals surface area contributed by atoms with Gasteiger partial charge in [-0.25, -0.2) is 4.98 Å². The SMILES string of the molecule is Cc1ncsc1CNCCCc1cccs1. The molecule has 2 heterocycles. The number of aromatic nitrogens is 1. The molecular formula is C12H16N2S2. The van der Waals surface area contributed by atoms with Gasteiger partial charge < -0.3 is 5.32 Å². The van der Waals surface area contributed by atoms with Crippen molar-refractivity contribution < 1.29 is 0 Å². The molecule has 0 radical (unpaired) electrons. The third-order valence-electron chi connectivity index (χ3n) is 2.49. The van der Waals surface area contributed by atoms with E-state index in [9.17, 15) is 0 Å². The molecule has 0 aliphatic heterocycles. The second-order valence-corrected chi connectivity index (χ2v) is 5.69. The number of nitrogens with one attached hydrogen (secondary N) is 1. The predicted octanol–water partition coefficient (Wildman–Crippen LogP) is 3.24. The minimum atomic E-state index is 0.959. The highest BCUT2D eigenvalue weighted by Crippen LogP contribution is 2.12. The average molecular weight is 252 g/mol. The molecule has 0 aliphatic carbocycles. The molecule has 2 rings (SSSR count). The van der Waals surface area contributed by atoms with Crippen LogP contribution in [0.1, 0.15) is 21.9 Å². The summed E-state index contributed by atoms with van der Waals surface area (Å²) in [6, 6.07) is 4.33. The fraction of sp³-hybridized carbons (Fsp3) is 0.417. The van der Waals surface area contributed by atoms with Crippen LogP contribution in [-0.4, -0.2) is 11.5 Å². The molecule has 0 amide bonds. The molecule has 16 heavy (non-hydrogen) atoms. The fourth-order valence-electron chi connectivity index (χ4n) is 1.54. The quantitative estimate of drug-likeness (QED) is 0.798.